The molecule has 0 atom stereocenters. The topological polar surface area (TPSA) is 111 Å². The average Bonchev–Trinajstić information content (AvgIpc) is 3.09. The molecule has 1 aliphatic heterocycles. The number of sulfonamides is 1. The summed E-state index contributed by atoms with van der Waals surface area (Å²) < 4.78 is 25.0. The van der Waals surface area contributed by atoms with Gasteiger partial charge in [-0.3, -0.25) is 9.59 Å². The number of amides is 1. The van der Waals surface area contributed by atoms with Crippen LogP contribution in [0, 0.1) is 0 Å². The number of carboxylic acid groups (broad SMARTS) is 1. The smallest absolute Gasteiger partial charge is 0.318 e. The zero-order valence-electron chi connectivity index (χ0n) is 11.6. The molecule has 2 N–H and O–H groups in total. The molecule has 116 valence electrons. The van der Waals surface area contributed by atoms with Crippen LogP contribution in [0.3, 0.4) is 0 Å². The lowest BCUT2D eigenvalue weighted by molar-refractivity contribution is -0.137. The van der Waals surface area contributed by atoms with E-state index in [9.17, 15) is 18.0 Å². The van der Waals surface area contributed by atoms with Gasteiger partial charge in [0.1, 0.15) is 17.1 Å². The van der Waals surface area contributed by atoms with Gasteiger partial charge in [0.25, 0.3) is 5.91 Å². The van der Waals surface area contributed by atoms with Crippen LogP contribution < -0.4 is 0 Å². The Kier molecular flexibility index (Phi) is 4.33. The number of carbonyl (C=O) groups is 2. The lowest BCUT2D eigenvalue weighted by atomic mass is 10.4. The molecule has 0 radical (unpaired) electrons. The van der Waals surface area contributed by atoms with Crippen molar-refractivity contribution >= 4 is 21.9 Å². The van der Waals surface area contributed by atoms with Crippen molar-refractivity contribution in [3.8, 4) is 0 Å². The lowest BCUT2D eigenvalue weighted by Crippen LogP contribution is -2.31. The van der Waals surface area contributed by atoms with Gasteiger partial charge in [0.05, 0.1) is 0 Å². The number of H-pyrrole nitrogens is 1. The molecule has 0 aromatic carbocycles. The largest absolute Gasteiger partial charge is 0.480 e. The van der Waals surface area contributed by atoms with Gasteiger partial charge < -0.3 is 15.0 Å². The Morgan fingerprint density at radius 3 is 2.57 bits per heavy atom. The van der Waals surface area contributed by atoms with E-state index in [1.807, 2.05) is 0 Å². The molecular weight excluding hydrogens is 298 g/mol. The first-order valence-electron chi connectivity index (χ1n) is 6.48. The predicted octanol–water partition coefficient (Wildman–Crippen LogP) is -0.0442. The molecule has 2 rings (SSSR count). The van der Waals surface area contributed by atoms with Crippen LogP contribution in [0.4, 0.5) is 0 Å². The summed E-state index contributed by atoms with van der Waals surface area (Å²) in [7, 11) is -2.74. The monoisotopic (exact) mass is 315 g/mol. The molecule has 0 saturated carbocycles. The zero-order valence-corrected chi connectivity index (χ0v) is 12.4. The fourth-order valence-electron chi connectivity index (χ4n) is 2.19. The van der Waals surface area contributed by atoms with Crippen LogP contribution in [-0.2, 0) is 14.8 Å². The number of carboxylic acids is 1. The Hall–Kier alpha value is -1.87. The summed E-state index contributed by atoms with van der Waals surface area (Å²) in [6.07, 6.45) is 3.09. The second-order valence-electron chi connectivity index (χ2n) is 4.90. The lowest BCUT2D eigenvalue weighted by Gasteiger charge is -2.14. The second-order valence-corrected chi connectivity index (χ2v) is 6.95. The van der Waals surface area contributed by atoms with Crippen LogP contribution >= 0.6 is 0 Å². The van der Waals surface area contributed by atoms with E-state index in [0.29, 0.717) is 13.1 Å². The number of aromatic amines is 1. The highest BCUT2D eigenvalue weighted by atomic mass is 32.2. The highest BCUT2D eigenvalue weighted by Crippen LogP contribution is 2.18. The summed E-state index contributed by atoms with van der Waals surface area (Å²) in [6, 6.07) is 1.24. The van der Waals surface area contributed by atoms with Gasteiger partial charge in [-0.05, 0) is 18.9 Å². The minimum atomic E-state index is -3.92. The van der Waals surface area contributed by atoms with Crippen molar-refractivity contribution in [1.29, 1.82) is 0 Å². The van der Waals surface area contributed by atoms with Crippen LogP contribution in [0.25, 0.3) is 0 Å². The number of likely N-dealkylation sites (tertiary alicyclic amines) is 1. The van der Waals surface area contributed by atoms with Crippen LogP contribution in [0.1, 0.15) is 23.3 Å². The van der Waals surface area contributed by atoms with E-state index in [2.05, 4.69) is 4.98 Å². The fraction of sp³-hybridized carbons (Fsp3) is 0.500. The van der Waals surface area contributed by atoms with E-state index in [1.54, 1.807) is 4.90 Å². The molecule has 0 unspecified atom stereocenters. The van der Waals surface area contributed by atoms with Gasteiger partial charge >= 0.3 is 5.97 Å². The Morgan fingerprint density at radius 2 is 2.00 bits per heavy atom. The van der Waals surface area contributed by atoms with E-state index < -0.39 is 22.5 Å². The van der Waals surface area contributed by atoms with Crippen molar-refractivity contribution in [3.05, 3.63) is 18.0 Å². The average molecular weight is 315 g/mol. The number of likely N-dealkylation sites (N-methyl/N-ethyl adjacent to an activating group) is 1. The Morgan fingerprint density at radius 1 is 1.38 bits per heavy atom. The first-order chi connectivity index (χ1) is 9.82. The van der Waals surface area contributed by atoms with Crippen molar-refractivity contribution in [3.63, 3.8) is 0 Å². The van der Waals surface area contributed by atoms with Crippen LogP contribution in [0.2, 0.25) is 0 Å². The number of aromatic nitrogens is 1. The zero-order chi connectivity index (χ0) is 15.6. The highest BCUT2D eigenvalue weighted by Gasteiger charge is 2.27. The molecular formula is C12H17N3O5S. The summed E-state index contributed by atoms with van der Waals surface area (Å²) >= 11 is 0. The molecule has 9 heteroatoms. The number of hydrogen-bond donors (Lipinski definition) is 2. The van der Waals surface area contributed by atoms with Crippen molar-refractivity contribution < 1.29 is 23.1 Å². The van der Waals surface area contributed by atoms with Crippen LogP contribution in [0.15, 0.2) is 17.2 Å². The third kappa shape index (κ3) is 3.24. The van der Waals surface area contributed by atoms with Crippen molar-refractivity contribution in [2.45, 2.75) is 17.7 Å². The van der Waals surface area contributed by atoms with E-state index >= 15 is 0 Å². The summed E-state index contributed by atoms with van der Waals surface area (Å²) in [5.41, 5.74) is 0.194. The summed E-state index contributed by atoms with van der Waals surface area (Å²) in [5, 5.41) is 8.66. The number of nitrogens with zero attached hydrogens (tertiary/aromatic N) is 2. The van der Waals surface area contributed by atoms with E-state index in [4.69, 9.17) is 5.11 Å². The van der Waals surface area contributed by atoms with Gasteiger partial charge in [-0.1, -0.05) is 0 Å². The third-order valence-corrected chi connectivity index (χ3v) is 5.13. The Bertz CT molecular complexity index is 646. The van der Waals surface area contributed by atoms with Crippen molar-refractivity contribution in [1.82, 2.24) is 14.2 Å². The fourth-order valence-corrected chi connectivity index (χ4v) is 3.31. The Labute approximate surface area is 122 Å². The Balaban J connectivity index is 2.18. The van der Waals surface area contributed by atoms with Gasteiger partial charge in [0.2, 0.25) is 10.0 Å². The van der Waals surface area contributed by atoms with E-state index in [1.165, 1.54) is 19.3 Å². The first kappa shape index (κ1) is 15.5. The molecule has 8 nitrogen and oxygen atoms in total. The summed E-state index contributed by atoms with van der Waals surface area (Å²) in [5.74, 6) is -1.49. The quantitative estimate of drug-likeness (QED) is 0.792. The molecule has 1 saturated heterocycles. The van der Waals surface area contributed by atoms with Crippen molar-refractivity contribution in [2.75, 3.05) is 26.7 Å². The standard InChI is InChI=1S/C12H17N3O5S/c1-14(8-11(16)17)21(19,20)9-6-10(13-7-9)12(18)15-4-2-3-5-15/h6-7,13H,2-5,8H2,1H3,(H,16,17). The maximum absolute atomic E-state index is 12.1. The van der Waals surface area contributed by atoms with Gasteiger partial charge in [0.15, 0.2) is 0 Å². The van der Waals surface area contributed by atoms with Crippen molar-refractivity contribution in [2.24, 2.45) is 0 Å². The molecule has 1 aromatic rings. The predicted molar refractivity (Wildman–Crippen MR) is 73.4 cm³/mol. The molecule has 1 amide bonds. The molecule has 0 spiro atoms. The minimum Gasteiger partial charge on any atom is -0.480 e. The molecule has 0 aliphatic carbocycles. The van der Waals surface area contributed by atoms with Gasteiger partial charge in [-0.2, -0.15) is 4.31 Å². The van der Waals surface area contributed by atoms with Crippen LogP contribution in [-0.4, -0.2) is 66.3 Å². The molecule has 2 heterocycles. The SMILES string of the molecule is CN(CC(=O)O)S(=O)(=O)c1c[nH]c(C(=O)N2CCCC2)c1. The van der Waals surface area contributed by atoms with Gasteiger partial charge in [0, 0.05) is 26.3 Å². The molecule has 21 heavy (non-hydrogen) atoms. The van der Waals surface area contributed by atoms with E-state index in [0.717, 1.165) is 17.1 Å². The number of nitrogens with one attached hydrogen (secondary N) is 1. The minimum absolute atomic E-state index is 0.117. The highest BCUT2D eigenvalue weighted by molar-refractivity contribution is 7.89. The molecule has 0 bridgehead atoms. The number of hydrogen-bond acceptors (Lipinski definition) is 4. The normalized spacial score (nSPS) is 15.6. The number of aliphatic carboxylic acids is 1. The van der Waals surface area contributed by atoms with E-state index in [-0.39, 0.29) is 16.5 Å². The summed E-state index contributed by atoms with van der Waals surface area (Å²) in [6.45, 7) is 0.695. The molecule has 1 aliphatic rings. The molecule has 1 fully saturated rings. The second kappa shape index (κ2) is 5.86. The summed E-state index contributed by atoms with van der Waals surface area (Å²) in [4.78, 5) is 26.9. The number of carbonyl (C=O) groups excluding carboxylic acids is 1. The van der Waals surface area contributed by atoms with Gasteiger partial charge in [-0.15, -0.1) is 0 Å². The maximum Gasteiger partial charge on any atom is 0.318 e. The first-order valence-corrected chi connectivity index (χ1v) is 7.92. The third-order valence-electron chi connectivity index (χ3n) is 3.35. The van der Waals surface area contributed by atoms with Gasteiger partial charge in [-0.25, -0.2) is 8.42 Å². The number of rotatable bonds is 5. The molecule has 1 aromatic heterocycles. The maximum atomic E-state index is 12.1. The van der Waals surface area contributed by atoms with Crippen LogP contribution in [0.5, 0.6) is 0 Å².